The van der Waals surface area contributed by atoms with Gasteiger partial charge in [0.05, 0.1) is 17.1 Å². The van der Waals surface area contributed by atoms with Crippen molar-refractivity contribution in [3.8, 4) is 5.75 Å². The molecule has 0 amide bonds. The molecule has 0 aliphatic heterocycles. The molecule has 162 valence electrons. The molecule has 1 saturated carbocycles. The molecule has 6 nitrogen and oxygen atoms in total. The summed E-state index contributed by atoms with van der Waals surface area (Å²) in [4.78, 5) is 0. The fraction of sp³-hybridized carbons (Fsp3) is 0.588. The van der Waals surface area contributed by atoms with Crippen LogP contribution in [0, 0.1) is 0 Å². The number of hydrogen-bond acceptors (Lipinski definition) is 5. The molecule has 1 aliphatic carbocycles. The molecule has 12 heteroatoms. The summed E-state index contributed by atoms with van der Waals surface area (Å²) in [5.41, 5.74) is -4.93. The summed E-state index contributed by atoms with van der Waals surface area (Å²) in [6, 6.07) is 2.50. The first-order chi connectivity index (χ1) is 13.3. The van der Waals surface area contributed by atoms with Crippen molar-refractivity contribution in [2.75, 3.05) is 6.61 Å². The van der Waals surface area contributed by atoms with Gasteiger partial charge in [0.1, 0.15) is 6.73 Å². The highest BCUT2D eigenvalue weighted by molar-refractivity contribution is 7.88. The van der Waals surface area contributed by atoms with Crippen LogP contribution in [0.2, 0.25) is 30.7 Å². The fourth-order valence-electron chi connectivity index (χ4n) is 2.80. The summed E-state index contributed by atoms with van der Waals surface area (Å²) in [5, 5.41) is 4.43. The van der Waals surface area contributed by atoms with Gasteiger partial charge < -0.3 is 8.92 Å². The Balaban J connectivity index is 1.96. The highest BCUT2D eigenvalue weighted by atomic mass is 35.5. The minimum absolute atomic E-state index is 0.0680. The van der Waals surface area contributed by atoms with Gasteiger partial charge in [0.25, 0.3) is 0 Å². The van der Waals surface area contributed by atoms with Crippen LogP contribution in [0.1, 0.15) is 24.3 Å². The van der Waals surface area contributed by atoms with E-state index >= 15 is 0 Å². The second kappa shape index (κ2) is 7.75. The summed E-state index contributed by atoms with van der Waals surface area (Å²) >= 11 is 6.30. The van der Waals surface area contributed by atoms with Crippen molar-refractivity contribution in [1.29, 1.82) is 0 Å². The Labute approximate surface area is 173 Å². The van der Waals surface area contributed by atoms with E-state index in [0.29, 0.717) is 25.0 Å². The number of rotatable bonds is 8. The van der Waals surface area contributed by atoms with Crippen LogP contribution in [0.25, 0.3) is 10.9 Å². The number of aromatic nitrogens is 2. The average molecular weight is 471 g/mol. The minimum Gasteiger partial charge on any atom is -0.375 e. The van der Waals surface area contributed by atoms with Crippen LogP contribution in [0.15, 0.2) is 12.3 Å². The summed E-state index contributed by atoms with van der Waals surface area (Å²) < 4.78 is 73.6. The molecule has 29 heavy (non-hydrogen) atoms. The molecule has 1 aromatic heterocycles. The Morgan fingerprint density at radius 1 is 1.31 bits per heavy atom. The predicted octanol–water partition coefficient (Wildman–Crippen LogP) is 5.11. The van der Waals surface area contributed by atoms with E-state index in [0.717, 1.165) is 6.04 Å². The van der Waals surface area contributed by atoms with Crippen LogP contribution in [0.3, 0.4) is 0 Å². The van der Waals surface area contributed by atoms with Crippen molar-refractivity contribution in [2.24, 2.45) is 0 Å². The molecule has 1 aromatic carbocycles. The predicted molar refractivity (Wildman–Crippen MR) is 106 cm³/mol. The highest BCUT2D eigenvalue weighted by Crippen LogP contribution is 2.51. The van der Waals surface area contributed by atoms with Crippen molar-refractivity contribution >= 4 is 40.7 Å². The quantitative estimate of drug-likeness (QED) is 0.232. The van der Waals surface area contributed by atoms with Crippen molar-refractivity contribution in [3.63, 3.8) is 0 Å². The lowest BCUT2D eigenvalue weighted by Gasteiger charge is -2.16. The zero-order chi connectivity index (χ0) is 21.6. The van der Waals surface area contributed by atoms with Gasteiger partial charge in [-0.15, -0.1) is 0 Å². The van der Waals surface area contributed by atoms with Gasteiger partial charge in [0, 0.05) is 25.3 Å². The molecule has 1 fully saturated rings. The number of fused-ring (bicyclic) bond motifs is 1. The standard InChI is InChI=1S/C17H22ClF3N2O4SSi/c1-29(2,3)7-6-26-10-23-14-8-13(18)15(11-4-5-11)16(12(14)9-22-23)27-28(24,25)17(19,20)21/h8-9,11H,4-7,10H2,1-3H3. The van der Waals surface area contributed by atoms with Crippen LogP contribution in [-0.4, -0.2) is 38.4 Å². The number of alkyl halides is 3. The monoisotopic (exact) mass is 470 g/mol. The maximum absolute atomic E-state index is 12.9. The molecule has 0 N–H and O–H groups in total. The van der Waals surface area contributed by atoms with E-state index in [1.807, 2.05) is 0 Å². The van der Waals surface area contributed by atoms with E-state index in [1.54, 1.807) is 6.07 Å². The average Bonchev–Trinajstić information content (AvgIpc) is 3.30. The van der Waals surface area contributed by atoms with Gasteiger partial charge in [0.15, 0.2) is 5.75 Å². The molecule has 1 aliphatic rings. The zero-order valence-corrected chi connectivity index (χ0v) is 18.8. The lowest BCUT2D eigenvalue weighted by atomic mass is 10.1. The molecular weight excluding hydrogens is 449 g/mol. The highest BCUT2D eigenvalue weighted by Gasteiger charge is 2.49. The van der Waals surface area contributed by atoms with Gasteiger partial charge >= 0.3 is 15.6 Å². The number of halogens is 4. The number of benzene rings is 1. The van der Waals surface area contributed by atoms with Gasteiger partial charge in [-0.25, -0.2) is 4.68 Å². The fourth-order valence-corrected chi connectivity index (χ4v) is 4.40. The van der Waals surface area contributed by atoms with Gasteiger partial charge in [-0.1, -0.05) is 31.2 Å². The molecule has 0 spiro atoms. The van der Waals surface area contributed by atoms with E-state index in [2.05, 4.69) is 28.9 Å². The van der Waals surface area contributed by atoms with Gasteiger partial charge in [-0.05, 0) is 30.9 Å². The second-order valence-corrected chi connectivity index (χ2v) is 15.8. The summed E-state index contributed by atoms with van der Waals surface area (Å²) in [6.07, 6.45) is 2.67. The molecular formula is C17H22ClF3N2O4SSi. The SMILES string of the molecule is C[Si](C)(C)CCOCn1ncc2c(OS(=O)(=O)C(F)(F)F)c(C3CC3)c(Cl)cc21. The van der Waals surface area contributed by atoms with Crippen molar-refractivity contribution in [2.45, 2.75) is 56.7 Å². The molecule has 3 rings (SSSR count). The van der Waals surface area contributed by atoms with E-state index < -0.39 is 29.4 Å². The van der Waals surface area contributed by atoms with Gasteiger partial charge in [0.2, 0.25) is 0 Å². The Morgan fingerprint density at radius 2 is 1.97 bits per heavy atom. The van der Waals surface area contributed by atoms with Crippen molar-refractivity contribution in [3.05, 3.63) is 22.8 Å². The Bertz CT molecular complexity index is 1010. The minimum atomic E-state index is -5.84. The largest absolute Gasteiger partial charge is 0.534 e. The maximum atomic E-state index is 12.9. The first kappa shape index (κ1) is 22.4. The van der Waals surface area contributed by atoms with Crippen molar-refractivity contribution in [1.82, 2.24) is 9.78 Å². The topological polar surface area (TPSA) is 70.4 Å². The Kier molecular flexibility index (Phi) is 5.98. The third-order valence-electron chi connectivity index (χ3n) is 4.56. The van der Waals surface area contributed by atoms with E-state index in [-0.39, 0.29) is 28.6 Å². The summed E-state index contributed by atoms with van der Waals surface area (Å²) in [5.74, 6) is -0.539. The first-order valence-electron chi connectivity index (χ1n) is 9.06. The van der Waals surface area contributed by atoms with E-state index in [4.69, 9.17) is 16.3 Å². The van der Waals surface area contributed by atoms with E-state index in [1.165, 1.54) is 10.9 Å². The number of nitrogens with zero attached hydrogens (tertiary/aromatic N) is 2. The lowest BCUT2D eigenvalue weighted by molar-refractivity contribution is -0.0499. The number of ether oxygens (including phenoxy) is 1. The molecule has 0 saturated heterocycles. The van der Waals surface area contributed by atoms with Crippen LogP contribution < -0.4 is 4.18 Å². The Morgan fingerprint density at radius 3 is 2.52 bits per heavy atom. The van der Waals surface area contributed by atoms with Gasteiger partial charge in [-0.2, -0.15) is 26.7 Å². The zero-order valence-electron chi connectivity index (χ0n) is 16.2. The Hall–Kier alpha value is -1.30. The molecule has 0 unspecified atom stereocenters. The molecule has 0 atom stereocenters. The van der Waals surface area contributed by atoms with Crippen LogP contribution in [0.5, 0.6) is 5.75 Å². The third-order valence-corrected chi connectivity index (χ3v) is 7.53. The van der Waals surface area contributed by atoms with E-state index in [9.17, 15) is 21.6 Å². The normalized spacial score (nSPS) is 15.8. The smallest absolute Gasteiger partial charge is 0.375 e. The molecule has 0 radical (unpaired) electrons. The lowest BCUT2D eigenvalue weighted by Crippen LogP contribution is -2.28. The third kappa shape index (κ3) is 5.07. The van der Waals surface area contributed by atoms with Crippen molar-refractivity contribution < 1.29 is 30.5 Å². The van der Waals surface area contributed by atoms with Crippen LogP contribution >= 0.6 is 11.6 Å². The second-order valence-electron chi connectivity index (χ2n) is 8.28. The van der Waals surface area contributed by atoms with Gasteiger partial charge in [-0.3, -0.25) is 0 Å². The molecule has 1 heterocycles. The molecule has 0 bridgehead atoms. The molecule has 2 aromatic rings. The maximum Gasteiger partial charge on any atom is 0.534 e. The number of hydrogen-bond donors (Lipinski definition) is 0. The summed E-state index contributed by atoms with van der Waals surface area (Å²) in [6.45, 7) is 7.23. The summed E-state index contributed by atoms with van der Waals surface area (Å²) in [7, 11) is -7.12. The first-order valence-corrected chi connectivity index (χ1v) is 14.6. The van der Waals surface area contributed by atoms with Crippen LogP contribution in [-0.2, 0) is 21.6 Å². The van der Waals surface area contributed by atoms with Crippen LogP contribution in [0.4, 0.5) is 13.2 Å².